The van der Waals surface area contributed by atoms with Crippen LogP contribution in [0, 0.1) is 5.92 Å². The molecule has 0 aliphatic carbocycles. The molecule has 0 unspecified atom stereocenters. The molecule has 0 aromatic heterocycles. The molecule has 1 aromatic carbocycles. The Bertz CT molecular complexity index is 1770. The number of carbonyl (C=O) groups excluding carboxylic acids is 5. The van der Waals surface area contributed by atoms with Gasteiger partial charge < -0.3 is 50.0 Å². The van der Waals surface area contributed by atoms with Gasteiger partial charge in [0.15, 0.2) is 5.72 Å². The van der Waals surface area contributed by atoms with Crippen LogP contribution in [0.2, 0.25) is 5.02 Å². The standard InChI is InChI=1S/C42H64ClN5O11S/c1-25-12-11-13-32(57-10)42(55)23-31(58-39(53)46-42)26(2)22-41(6,54)33(21-36(51)48(8)29-19-28(18-25)20-30(56-9)37(29)43)59-38(52)27(3)47(7)35(50)14-15-40(4,5)60-24-34(49)45-17-16-44/h11-13,19-20,26-27,31-33,54-55H,14-18,21-24,44H2,1-10H3,(H,45,49)(H,46,53)/b13-11+,25-12+/t26-,27-,31-,32+,33-,41+,42-/m0/s1. The number of likely N-dealkylation sites (N-methyl/N-ethyl adjacent to an activating group) is 1. The molecule has 3 rings (SSSR count). The van der Waals surface area contributed by atoms with Gasteiger partial charge in [-0.1, -0.05) is 56.2 Å². The molecular formula is C42H64ClN5O11S. The number of fused-ring (bicyclic) bond motifs is 4. The molecule has 7 atom stereocenters. The first-order chi connectivity index (χ1) is 28.0. The number of nitrogens with two attached hydrogens (primary N) is 1. The summed E-state index contributed by atoms with van der Waals surface area (Å²) in [6, 6.07) is 2.37. The zero-order valence-corrected chi connectivity index (χ0v) is 38.0. The van der Waals surface area contributed by atoms with E-state index in [4.69, 9.17) is 36.3 Å². The number of allylic oxidation sites excluding steroid dienone is 3. The van der Waals surface area contributed by atoms with Crippen LogP contribution in [0.1, 0.15) is 79.2 Å². The number of benzene rings is 1. The number of alkyl carbamates (subject to hydrolysis) is 1. The van der Waals surface area contributed by atoms with E-state index in [0.717, 1.165) is 11.1 Å². The number of nitrogens with one attached hydrogen (secondary N) is 2. The van der Waals surface area contributed by atoms with E-state index in [1.807, 2.05) is 26.8 Å². The van der Waals surface area contributed by atoms with Crippen LogP contribution >= 0.6 is 23.4 Å². The molecule has 1 aromatic rings. The summed E-state index contributed by atoms with van der Waals surface area (Å²) >= 11 is 8.16. The normalized spacial score (nSPS) is 27.4. The first kappa shape index (κ1) is 50.5. The van der Waals surface area contributed by atoms with E-state index in [9.17, 15) is 34.2 Å². The van der Waals surface area contributed by atoms with Crippen molar-refractivity contribution in [1.29, 1.82) is 0 Å². The lowest BCUT2D eigenvalue weighted by Crippen LogP contribution is -2.63. The van der Waals surface area contributed by atoms with Gasteiger partial charge in [0.1, 0.15) is 35.1 Å². The number of carbonyl (C=O) groups is 5. The Morgan fingerprint density at radius 1 is 1.22 bits per heavy atom. The molecule has 4 amide bonds. The van der Waals surface area contributed by atoms with E-state index in [-0.39, 0.29) is 41.9 Å². The highest BCUT2D eigenvalue weighted by molar-refractivity contribution is 8.01. The summed E-state index contributed by atoms with van der Waals surface area (Å²) in [6.07, 6.45) is 0.961. The van der Waals surface area contributed by atoms with Crippen molar-refractivity contribution in [2.24, 2.45) is 11.7 Å². The zero-order valence-electron chi connectivity index (χ0n) is 36.5. The van der Waals surface area contributed by atoms with E-state index in [0.29, 0.717) is 37.4 Å². The molecule has 1 fully saturated rings. The first-order valence-corrected chi connectivity index (χ1v) is 21.3. The van der Waals surface area contributed by atoms with Crippen LogP contribution in [0.5, 0.6) is 5.75 Å². The van der Waals surface area contributed by atoms with Crippen molar-refractivity contribution < 1.29 is 53.1 Å². The smallest absolute Gasteiger partial charge is 0.409 e. The van der Waals surface area contributed by atoms with Gasteiger partial charge in [-0.2, -0.15) is 0 Å². The predicted molar refractivity (Wildman–Crippen MR) is 231 cm³/mol. The molecule has 336 valence electrons. The minimum atomic E-state index is -1.92. The Labute approximate surface area is 362 Å². The second-order valence-electron chi connectivity index (χ2n) is 16.5. The van der Waals surface area contributed by atoms with Crippen LogP contribution in [0.3, 0.4) is 0 Å². The van der Waals surface area contributed by atoms with Gasteiger partial charge in [-0.15, -0.1) is 11.8 Å². The first-order valence-electron chi connectivity index (χ1n) is 20.0. The fraction of sp³-hybridized carbons (Fsp3) is 0.643. The van der Waals surface area contributed by atoms with Gasteiger partial charge in [0.25, 0.3) is 0 Å². The number of ether oxygens (including phenoxy) is 4. The average molecular weight is 883 g/mol. The van der Waals surface area contributed by atoms with Gasteiger partial charge in [0.05, 0.1) is 30.6 Å². The maximum Gasteiger partial charge on any atom is 0.409 e. The Hall–Kier alpha value is -3.87. The second-order valence-corrected chi connectivity index (χ2v) is 18.6. The average Bonchev–Trinajstić information content (AvgIpc) is 3.18. The number of rotatable bonds is 13. The van der Waals surface area contributed by atoms with Gasteiger partial charge in [-0.05, 0) is 63.6 Å². The second kappa shape index (κ2) is 21.8. The molecule has 6 N–H and O–H groups in total. The molecule has 18 heteroatoms. The fourth-order valence-corrected chi connectivity index (χ4v) is 8.22. The summed E-state index contributed by atoms with van der Waals surface area (Å²) in [4.78, 5) is 69.0. The molecular weight excluding hydrogens is 818 g/mol. The van der Waals surface area contributed by atoms with Crippen LogP contribution in [0.15, 0.2) is 35.9 Å². The lowest BCUT2D eigenvalue weighted by atomic mass is 9.81. The van der Waals surface area contributed by atoms with E-state index in [1.54, 1.807) is 31.2 Å². The minimum Gasteiger partial charge on any atom is -0.495 e. The molecule has 0 saturated carbocycles. The highest BCUT2D eigenvalue weighted by atomic mass is 35.5. The molecule has 60 heavy (non-hydrogen) atoms. The Morgan fingerprint density at radius 2 is 1.90 bits per heavy atom. The summed E-state index contributed by atoms with van der Waals surface area (Å²) in [5.41, 5.74) is 3.62. The number of aliphatic hydroxyl groups is 2. The van der Waals surface area contributed by atoms with E-state index < -0.39 is 70.7 Å². The fourth-order valence-electron chi connectivity index (χ4n) is 7.04. The van der Waals surface area contributed by atoms with Crippen molar-refractivity contribution in [2.75, 3.05) is 52.1 Å². The monoisotopic (exact) mass is 881 g/mol. The number of thioether (sulfide) groups is 1. The molecule has 2 aliphatic heterocycles. The van der Waals surface area contributed by atoms with Gasteiger partial charge in [0, 0.05) is 51.9 Å². The Balaban J connectivity index is 1.97. The molecule has 0 radical (unpaired) electrons. The number of amides is 4. The van der Waals surface area contributed by atoms with E-state index in [1.165, 1.54) is 63.7 Å². The Kier molecular flexibility index (Phi) is 18.3. The number of halogens is 1. The minimum absolute atomic E-state index is 0.0696. The molecule has 1 saturated heterocycles. The van der Waals surface area contributed by atoms with Gasteiger partial charge in [-0.3, -0.25) is 19.7 Å². The van der Waals surface area contributed by atoms with Gasteiger partial charge in [-0.25, -0.2) is 9.59 Å². The number of anilines is 1. The van der Waals surface area contributed by atoms with Gasteiger partial charge >= 0.3 is 12.1 Å². The molecule has 2 heterocycles. The summed E-state index contributed by atoms with van der Waals surface area (Å²) in [5, 5.41) is 29.3. The molecule has 2 aliphatic rings. The summed E-state index contributed by atoms with van der Waals surface area (Å²) in [7, 11) is 5.84. The topological polar surface area (TPSA) is 219 Å². The van der Waals surface area contributed by atoms with Crippen LogP contribution in [-0.2, 0) is 39.8 Å². The third-order valence-corrected chi connectivity index (χ3v) is 12.8. The summed E-state index contributed by atoms with van der Waals surface area (Å²) in [6.45, 7) is 11.0. The predicted octanol–water partition coefficient (Wildman–Crippen LogP) is 3.87. The maximum atomic E-state index is 14.2. The Morgan fingerprint density at radius 3 is 2.53 bits per heavy atom. The number of hydrogen-bond donors (Lipinski definition) is 5. The van der Waals surface area contributed by atoms with Crippen molar-refractivity contribution in [1.82, 2.24) is 15.5 Å². The largest absolute Gasteiger partial charge is 0.495 e. The van der Waals surface area contributed by atoms with E-state index in [2.05, 4.69) is 10.6 Å². The maximum absolute atomic E-state index is 14.2. The summed E-state index contributed by atoms with van der Waals surface area (Å²) < 4.78 is 22.3. The quantitative estimate of drug-likeness (QED) is 0.178. The third-order valence-electron chi connectivity index (χ3n) is 11.0. The molecule has 0 spiro atoms. The van der Waals surface area contributed by atoms with Crippen molar-refractivity contribution in [3.63, 3.8) is 0 Å². The van der Waals surface area contributed by atoms with Crippen LogP contribution in [0.4, 0.5) is 10.5 Å². The number of nitrogens with zero attached hydrogens (tertiary/aromatic N) is 2. The zero-order chi connectivity index (χ0) is 45.2. The third kappa shape index (κ3) is 13.8. The van der Waals surface area contributed by atoms with Crippen molar-refractivity contribution >= 4 is 58.8 Å². The van der Waals surface area contributed by atoms with Crippen LogP contribution < -0.4 is 26.0 Å². The molecule has 4 bridgehead atoms. The summed E-state index contributed by atoms with van der Waals surface area (Å²) in [5.74, 6) is -2.07. The lowest BCUT2D eigenvalue weighted by Gasteiger charge is -2.43. The van der Waals surface area contributed by atoms with E-state index >= 15 is 0 Å². The van der Waals surface area contributed by atoms with Crippen molar-refractivity contribution in [3.05, 3.63) is 46.5 Å². The number of methoxy groups -OCH3 is 2. The lowest BCUT2D eigenvalue weighted by molar-refractivity contribution is -0.176. The SMILES string of the molecule is COc1cc2cc(c1Cl)N(C)C(=O)C[C@H](OC(=O)[C@H](C)N(C)C(=O)CCC(C)(C)SCC(=O)NCCN)[C@](C)(O)C[C@H](C)[C@@H]1C[C@@](O)(NC(=O)O1)[C@H](OC)/C=C/C=C(\C)C2. The number of esters is 1. The van der Waals surface area contributed by atoms with Gasteiger partial charge in [0.2, 0.25) is 17.7 Å². The highest BCUT2D eigenvalue weighted by Gasteiger charge is 2.48. The number of hydrogen-bond acceptors (Lipinski definition) is 13. The van der Waals surface area contributed by atoms with Crippen LogP contribution in [-0.4, -0.2) is 132 Å². The van der Waals surface area contributed by atoms with Crippen molar-refractivity contribution in [2.45, 2.75) is 120 Å². The highest BCUT2D eigenvalue weighted by Crippen LogP contribution is 2.38. The molecule has 16 nitrogen and oxygen atoms in total. The van der Waals surface area contributed by atoms with Crippen molar-refractivity contribution in [3.8, 4) is 5.75 Å². The van der Waals surface area contributed by atoms with Crippen LogP contribution in [0.25, 0.3) is 0 Å².